The molecule has 13 heavy (non-hydrogen) atoms. The molecular formula is C8H13NO4. The highest BCUT2D eigenvalue weighted by molar-refractivity contribution is 5.69. The van der Waals surface area contributed by atoms with E-state index < -0.39 is 17.3 Å². The maximum Gasteiger partial charge on any atom is 0.314 e. The predicted molar refractivity (Wildman–Crippen MR) is 46.8 cm³/mol. The third-order valence-corrected chi connectivity index (χ3v) is 1.39. The van der Waals surface area contributed by atoms with Crippen molar-refractivity contribution in [1.82, 2.24) is 0 Å². The second-order valence-electron chi connectivity index (χ2n) is 3.15. The number of carboxylic acid groups (broad SMARTS) is 1. The van der Waals surface area contributed by atoms with E-state index in [-0.39, 0.29) is 5.70 Å². The number of aliphatic carboxylic acids is 1. The van der Waals surface area contributed by atoms with Gasteiger partial charge in [-0.1, -0.05) is 13.8 Å². The fourth-order valence-electron chi connectivity index (χ4n) is 0.738. The first-order valence-electron chi connectivity index (χ1n) is 3.98. The van der Waals surface area contributed by atoms with Gasteiger partial charge in [-0.05, 0) is 18.4 Å². The van der Waals surface area contributed by atoms with E-state index >= 15 is 0 Å². The summed E-state index contributed by atoms with van der Waals surface area (Å²) in [5.41, 5.74) is -0.235. The van der Waals surface area contributed by atoms with Crippen LogP contribution in [0.4, 0.5) is 0 Å². The highest BCUT2D eigenvalue weighted by Crippen LogP contribution is 2.08. The van der Waals surface area contributed by atoms with Gasteiger partial charge in [0.05, 0.1) is 4.92 Å². The van der Waals surface area contributed by atoms with Crippen molar-refractivity contribution in [2.45, 2.75) is 26.7 Å². The average molecular weight is 187 g/mol. The van der Waals surface area contributed by atoms with Crippen LogP contribution in [0.25, 0.3) is 0 Å². The highest BCUT2D eigenvalue weighted by Gasteiger charge is 2.14. The molecule has 0 amide bonds. The minimum absolute atomic E-state index is 0.235. The molecule has 0 saturated carbocycles. The molecule has 0 heterocycles. The highest BCUT2D eigenvalue weighted by atomic mass is 16.6. The molecule has 0 aliphatic rings. The maximum atomic E-state index is 10.3. The zero-order chi connectivity index (χ0) is 10.4. The van der Waals surface area contributed by atoms with Crippen LogP contribution in [0.2, 0.25) is 0 Å². The number of nitro groups is 1. The molecule has 0 atom stereocenters. The summed E-state index contributed by atoms with van der Waals surface area (Å²) in [5.74, 6) is -0.879. The fourth-order valence-corrected chi connectivity index (χ4v) is 0.738. The van der Waals surface area contributed by atoms with E-state index in [1.807, 2.05) is 13.8 Å². The van der Waals surface area contributed by atoms with Gasteiger partial charge in [0, 0.05) is 0 Å². The average Bonchev–Trinajstić information content (AvgIpc) is 1.96. The van der Waals surface area contributed by atoms with Crippen LogP contribution in [0.15, 0.2) is 11.8 Å². The largest absolute Gasteiger partial charge is 0.481 e. The van der Waals surface area contributed by atoms with Crippen molar-refractivity contribution in [1.29, 1.82) is 0 Å². The van der Waals surface area contributed by atoms with Gasteiger partial charge in [-0.2, -0.15) is 0 Å². The SMILES string of the molecule is CC(C)C/C=C(/CC(=O)O)[N+](=O)[O-]. The number of rotatable bonds is 5. The van der Waals surface area contributed by atoms with E-state index in [1.54, 1.807) is 0 Å². The minimum atomic E-state index is -1.17. The van der Waals surface area contributed by atoms with E-state index in [9.17, 15) is 14.9 Å². The first kappa shape index (κ1) is 11.6. The van der Waals surface area contributed by atoms with Crippen molar-refractivity contribution in [3.63, 3.8) is 0 Å². The molecule has 0 aromatic rings. The zero-order valence-corrected chi connectivity index (χ0v) is 7.69. The van der Waals surface area contributed by atoms with Crippen molar-refractivity contribution in [3.8, 4) is 0 Å². The summed E-state index contributed by atoms with van der Waals surface area (Å²) in [6, 6.07) is 0. The molecule has 0 rings (SSSR count). The standard InChI is InChI=1S/C8H13NO4/c1-6(2)3-4-7(9(12)13)5-8(10)11/h4,6H,3,5H2,1-2H3,(H,10,11)/b7-4-. The summed E-state index contributed by atoms with van der Waals surface area (Å²) >= 11 is 0. The van der Waals surface area contributed by atoms with E-state index in [4.69, 9.17) is 5.11 Å². The summed E-state index contributed by atoms with van der Waals surface area (Å²) in [6.07, 6.45) is 1.39. The van der Waals surface area contributed by atoms with Gasteiger partial charge >= 0.3 is 5.97 Å². The van der Waals surface area contributed by atoms with Crippen LogP contribution in [0.5, 0.6) is 0 Å². The maximum absolute atomic E-state index is 10.3. The lowest BCUT2D eigenvalue weighted by atomic mass is 10.1. The monoisotopic (exact) mass is 187 g/mol. The van der Waals surface area contributed by atoms with Gasteiger partial charge in [-0.25, -0.2) is 0 Å². The van der Waals surface area contributed by atoms with Gasteiger partial charge in [0.1, 0.15) is 6.42 Å². The summed E-state index contributed by atoms with van der Waals surface area (Å²) in [6.45, 7) is 3.82. The number of carbonyl (C=O) groups is 1. The lowest BCUT2D eigenvalue weighted by Gasteiger charge is -1.98. The molecule has 0 aromatic heterocycles. The van der Waals surface area contributed by atoms with E-state index in [1.165, 1.54) is 6.08 Å². The number of allylic oxidation sites excluding steroid dienone is 1. The Balaban J connectivity index is 4.32. The van der Waals surface area contributed by atoms with Crippen LogP contribution in [-0.4, -0.2) is 16.0 Å². The molecule has 0 saturated heterocycles. The van der Waals surface area contributed by atoms with Crippen molar-refractivity contribution in [3.05, 3.63) is 21.9 Å². The van der Waals surface area contributed by atoms with Crippen molar-refractivity contribution < 1.29 is 14.8 Å². The van der Waals surface area contributed by atoms with Crippen LogP contribution < -0.4 is 0 Å². The number of hydrogen-bond donors (Lipinski definition) is 1. The van der Waals surface area contributed by atoms with Gasteiger partial charge in [-0.15, -0.1) is 0 Å². The second-order valence-corrected chi connectivity index (χ2v) is 3.15. The lowest BCUT2D eigenvalue weighted by molar-refractivity contribution is -0.427. The molecule has 1 N–H and O–H groups in total. The Kier molecular flexibility index (Phi) is 4.72. The Bertz CT molecular complexity index is 232. The Hall–Kier alpha value is -1.39. The van der Waals surface area contributed by atoms with Gasteiger partial charge in [-0.3, -0.25) is 14.9 Å². The molecule has 5 nitrogen and oxygen atoms in total. The zero-order valence-electron chi connectivity index (χ0n) is 7.69. The van der Waals surface area contributed by atoms with Crippen LogP contribution >= 0.6 is 0 Å². The summed E-state index contributed by atoms with van der Waals surface area (Å²) < 4.78 is 0. The number of nitrogens with zero attached hydrogens (tertiary/aromatic N) is 1. The molecule has 0 radical (unpaired) electrons. The van der Waals surface area contributed by atoms with Crippen molar-refractivity contribution in [2.24, 2.45) is 5.92 Å². The molecule has 0 unspecified atom stereocenters. The lowest BCUT2D eigenvalue weighted by Crippen LogP contribution is -2.06. The van der Waals surface area contributed by atoms with Crippen LogP contribution in [0.3, 0.4) is 0 Å². The molecular weight excluding hydrogens is 174 g/mol. The van der Waals surface area contributed by atoms with E-state index in [2.05, 4.69) is 0 Å². The van der Waals surface area contributed by atoms with E-state index in [0.29, 0.717) is 12.3 Å². The number of hydrogen-bond acceptors (Lipinski definition) is 3. The topological polar surface area (TPSA) is 80.4 Å². The molecule has 74 valence electrons. The Morgan fingerprint density at radius 3 is 2.46 bits per heavy atom. The van der Waals surface area contributed by atoms with Gasteiger partial charge in [0.25, 0.3) is 5.70 Å². The summed E-state index contributed by atoms with van der Waals surface area (Å²) in [4.78, 5) is 19.9. The summed E-state index contributed by atoms with van der Waals surface area (Å²) in [7, 11) is 0. The number of carboxylic acids is 1. The summed E-state index contributed by atoms with van der Waals surface area (Å²) in [5, 5.41) is 18.7. The Morgan fingerprint density at radius 1 is 1.62 bits per heavy atom. The van der Waals surface area contributed by atoms with Crippen molar-refractivity contribution >= 4 is 5.97 Å². The normalized spacial score (nSPS) is 11.8. The Morgan fingerprint density at radius 2 is 2.15 bits per heavy atom. The molecule has 0 aliphatic heterocycles. The molecule has 0 bridgehead atoms. The fraction of sp³-hybridized carbons (Fsp3) is 0.625. The molecule has 0 aromatic carbocycles. The van der Waals surface area contributed by atoms with Crippen LogP contribution in [0, 0.1) is 16.0 Å². The van der Waals surface area contributed by atoms with Crippen molar-refractivity contribution in [2.75, 3.05) is 0 Å². The second kappa shape index (κ2) is 5.29. The Labute approximate surface area is 76.2 Å². The van der Waals surface area contributed by atoms with E-state index in [0.717, 1.165) is 0 Å². The smallest absolute Gasteiger partial charge is 0.314 e. The molecule has 5 heteroatoms. The van der Waals surface area contributed by atoms with Crippen LogP contribution in [-0.2, 0) is 4.79 Å². The minimum Gasteiger partial charge on any atom is -0.481 e. The van der Waals surface area contributed by atoms with Gasteiger partial charge in [0.2, 0.25) is 0 Å². The third kappa shape index (κ3) is 5.84. The molecule has 0 aliphatic carbocycles. The third-order valence-electron chi connectivity index (χ3n) is 1.39. The quantitative estimate of drug-likeness (QED) is 0.524. The first-order valence-corrected chi connectivity index (χ1v) is 3.98. The predicted octanol–water partition coefficient (Wildman–Crippen LogP) is 1.67. The first-order chi connectivity index (χ1) is 5.93. The van der Waals surface area contributed by atoms with Gasteiger partial charge < -0.3 is 5.11 Å². The molecule has 0 spiro atoms. The van der Waals surface area contributed by atoms with Crippen LogP contribution in [0.1, 0.15) is 26.7 Å². The molecule has 0 fully saturated rings. The van der Waals surface area contributed by atoms with Gasteiger partial charge in [0.15, 0.2) is 0 Å².